The van der Waals surface area contributed by atoms with E-state index < -0.39 is 6.04 Å². The van der Waals surface area contributed by atoms with Crippen molar-refractivity contribution in [2.45, 2.75) is 37.8 Å². The third-order valence-electron chi connectivity index (χ3n) is 4.25. The zero-order valence-corrected chi connectivity index (χ0v) is 14.9. The third-order valence-corrected chi connectivity index (χ3v) is 4.89. The van der Waals surface area contributed by atoms with Crippen LogP contribution in [0.15, 0.2) is 12.1 Å². The number of fused-ring (bicyclic) bond motifs is 1. The number of amides is 1. The summed E-state index contributed by atoms with van der Waals surface area (Å²) in [6.45, 7) is 0. The van der Waals surface area contributed by atoms with E-state index >= 15 is 0 Å². The fourth-order valence-electron chi connectivity index (χ4n) is 2.89. The Hall–Kier alpha value is -1.40. The van der Waals surface area contributed by atoms with Crippen LogP contribution in [0, 0.1) is 0 Å². The van der Waals surface area contributed by atoms with Crippen LogP contribution in [0.1, 0.15) is 24.0 Å². The summed E-state index contributed by atoms with van der Waals surface area (Å²) in [5.41, 5.74) is 8.41. The molecule has 128 valence electrons. The number of aryl methyl sites for hydroxylation is 1. The number of hydrogen-bond acceptors (Lipinski definition) is 5. The van der Waals surface area contributed by atoms with E-state index in [1.807, 2.05) is 18.4 Å². The van der Waals surface area contributed by atoms with Crippen molar-refractivity contribution in [3.05, 3.63) is 23.3 Å². The van der Waals surface area contributed by atoms with Crippen LogP contribution in [0.4, 0.5) is 0 Å². The van der Waals surface area contributed by atoms with E-state index in [2.05, 4.69) is 5.32 Å². The van der Waals surface area contributed by atoms with Crippen LogP contribution in [0.25, 0.3) is 0 Å². The number of thioether (sulfide) groups is 1. The zero-order chi connectivity index (χ0) is 16.8. The van der Waals surface area contributed by atoms with Gasteiger partial charge in [-0.1, -0.05) is 0 Å². The molecule has 1 aliphatic rings. The van der Waals surface area contributed by atoms with E-state index in [0.717, 1.165) is 36.5 Å². The molecule has 0 radical (unpaired) electrons. The molecule has 1 amide bonds. The SMILES string of the molecule is COc1cc2c(cc1OC)CC(NC(=O)[C@@H](N)CCSC)CC2. The quantitative estimate of drug-likeness (QED) is 0.792. The van der Waals surface area contributed by atoms with Gasteiger partial charge in [0.15, 0.2) is 11.5 Å². The van der Waals surface area contributed by atoms with Crippen LogP contribution in [-0.4, -0.2) is 44.2 Å². The summed E-state index contributed by atoms with van der Waals surface area (Å²) in [5, 5.41) is 3.09. The molecule has 0 spiro atoms. The number of hydrogen-bond donors (Lipinski definition) is 2. The first-order valence-corrected chi connectivity index (χ1v) is 9.27. The van der Waals surface area contributed by atoms with Crippen LogP contribution in [-0.2, 0) is 17.6 Å². The summed E-state index contributed by atoms with van der Waals surface area (Å²) in [4.78, 5) is 12.2. The lowest BCUT2D eigenvalue weighted by molar-refractivity contribution is -0.123. The Morgan fingerprint density at radius 1 is 1.35 bits per heavy atom. The number of rotatable bonds is 7. The molecule has 2 atom stereocenters. The average Bonchev–Trinajstić information content (AvgIpc) is 2.58. The second-order valence-electron chi connectivity index (χ2n) is 5.81. The Kier molecular flexibility index (Phi) is 6.59. The van der Waals surface area contributed by atoms with Crippen molar-refractivity contribution in [3.8, 4) is 11.5 Å². The summed E-state index contributed by atoms with van der Waals surface area (Å²) in [6.07, 6.45) is 5.37. The lowest BCUT2D eigenvalue weighted by Crippen LogP contribution is -2.47. The predicted molar refractivity (Wildman–Crippen MR) is 94.5 cm³/mol. The Morgan fingerprint density at radius 2 is 2.00 bits per heavy atom. The van der Waals surface area contributed by atoms with E-state index in [1.54, 1.807) is 26.0 Å². The van der Waals surface area contributed by atoms with Gasteiger partial charge >= 0.3 is 0 Å². The molecule has 0 fully saturated rings. The van der Waals surface area contributed by atoms with Crippen molar-refractivity contribution in [1.82, 2.24) is 5.32 Å². The lowest BCUT2D eigenvalue weighted by atomic mass is 9.87. The van der Waals surface area contributed by atoms with Crippen molar-refractivity contribution in [3.63, 3.8) is 0 Å². The van der Waals surface area contributed by atoms with Crippen molar-refractivity contribution < 1.29 is 14.3 Å². The molecule has 1 aromatic carbocycles. The fraction of sp³-hybridized carbons (Fsp3) is 0.588. The molecule has 1 unspecified atom stereocenters. The number of methoxy groups -OCH3 is 2. The molecule has 5 nitrogen and oxygen atoms in total. The van der Waals surface area contributed by atoms with Gasteiger partial charge in [0.25, 0.3) is 0 Å². The summed E-state index contributed by atoms with van der Waals surface area (Å²) < 4.78 is 10.7. The molecule has 3 N–H and O–H groups in total. The maximum absolute atomic E-state index is 12.2. The minimum atomic E-state index is -0.422. The summed E-state index contributed by atoms with van der Waals surface area (Å²) in [6, 6.07) is 3.76. The highest BCUT2D eigenvalue weighted by Crippen LogP contribution is 2.34. The normalized spacial score (nSPS) is 18.0. The summed E-state index contributed by atoms with van der Waals surface area (Å²) in [7, 11) is 3.28. The van der Waals surface area contributed by atoms with Crippen LogP contribution in [0.2, 0.25) is 0 Å². The first kappa shape index (κ1) is 17.9. The van der Waals surface area contributed by atoms with Gasteiger partial charge in [-0.15, -0.1) is 0 Å². The molecular weight excluding hydrogens is 312 g/mol. The Morgan fingerprint density at radius 3 is 2.61 bits per heavy atom. The highest BCUT2D eigenvalue weighted by atomic mass is 32.2. The topological polar surface area (TPSA) is 73.6 Å². The number of nitrogens with one attached hydrogen (secondary N) is 1. The second kappa shape index (κ2) is 8.45. The van der Waals surface area contributed by atoms with E-state index in [4.69, 9.17) is 15.2 Å². The van der Waals surface area contributed by atoms with Crippen LogP contribution in [0.3, 0.4) is 0 Å². The number of carbonyl (C=O) groups excluding carboxylic acids is 1. The Bertz CT molecular complexity index is 551. The summed E-state index contributed by atoms with van der Waals surface area (Å²) in [5.74, 6) is 2.34. The van der Waals surface area contributed by atoms with Crippen molar-refractivity contribution in [2.75, 3.05) is 26.2 Å². The largest absolute Gasteiger partial charge is 0.493 e. The van der Waals surface area contributed by atoms with Crippen molar-refractivity contribution >= 4 is 17.7 Å². The second-order valence-corrected chi connectivity index (χ2v) is 6.80. The van der Waals surface area contributed by atoms with Gasteiger partial charge in [0.2, 0.25) is 5.91 Å². The summed E-state index contributed by atoms with van der Waals surface area (Å²) >= 11 is 1.71. The van der Waals surface area contributed by atoms with Crippen LogP contribution in [0.5, 0.6) is 11.5 Å². The molecule has 2 rings (SSSR count). The van der Waals surface area contributed by atoms with E-state index in [9.17, 15) is 4.79 Å². The van der Waals surface area contributed by atoms with Gasteiger partial charge in [-0.2, -0.15) is 11.8 Å². The predicted octanol–water partition coefficient (Wildman–Crippen LogP) is 1.76. The molecular formula is C17H26N2O3S. The molecule has 0 heterocycles. The van der Waals surface area contributed by atoms with Crippen molar-refractivity contribution in [1.29, 1.82) is 0 Å². The smallest absolute Gasteiger partial charge is 0.237 e. The molecule has 0 saturated carbocycles. The highest BCUT2D eigenvalue weighted by molar-refractivity contribution is 7.98. The maximum Gasteiger partial charge on any atom is 0.237 e. The molecule has 0 aliphatic heterocycles. The van der Waals surface area contributed by atoms with E-state index in [-0.39, 0.29) is 11.9 Å². The molecule has 23 heavy (non-hydrogen) atoms. The van der Waals surface area contributed by atoms with E-state index in [0.29, 0.717) is 6.42 Å². The van der Waals surface area contributed by atoms with Crippen LogP contribution < -0.4 is 20.5 Å². The van der Waals surface area contributed by atoms with Gasteiger partial charge in [-0.05, 0) is 61.0 Å². The minimum absolute atomic E-state index is 0.0482. The highest BCUT2D eigenvalue weighted by Gasteiger charge is 2.24. The van der Waals surface area contributed by atoms with Gasteiger partial charge in [-0.3, -0.25) is 4.79 Å². The molecule has 0 saturated heterocycles. The maximum atomic E-state index is 12.2. The van der Waals surface area contributed by atoms with Gasteiger partial charge in [-0.25, -0.2) is 0 Å². The number of benzene rings is 1. The fourth-order valence-corrected chi connectivity index (χ4v) is 3.38. The lowest BCUT2D eigenvalue weighted by Gasteiger charge is -2.27. The Balaban J connectivity index is 2.01. The number of carbonyl (C=O) groups is 1. The zero-order valence-electron chi connectivity index (χ0n) is 14.1. The molecule has 1 aromatic rings. The number of nitrogens with two attached hydrogens (primary N) is 1. The molecule has 0 bridgehead atoms. The van der Waals surface area contributed by atoms with Crippen LogP contribution >= 0.6 is 11.8 Å². The van der Waals surface area contributed by atoms with Gasteiger partial charge < -0.3 is 20.5 Å². The standard InChI is InChI=1S/C17H26N2O3S/c1-21-15-9-11-4-5-13(8-12(11)10-16(15)22-2)19-17(20)14(18)6-7-23-3/h9-10,13-14H,4-8,18H2,1-3H3,(H,19,20)/t13?,14-/m0/s1. The van der Waals surface area contributed by atoms with Gasteiger partial charge in [0, 0.05) is 6.04 Å². The first-order chi connectivity index (χ1) is 11.1. The average molecular weight is 338 g/mol. The molecule has 1 aliphatic carbocycles. The molecule has 6 heteroatoms. The molecule has 0 aromatic heterocycles. The number of ether oxygens (including phenoxy) is 2. The third kappa shape index (κ3) is 4.54. The van der Waals surface area contributed by atoms with Crippen molar-refractivity contribution in [2.24, 2.45) is 5.73 Å². The monoisotopic (exact) mass is 338 g/mol. The van der Waals surface area contributed by atoms with Gasteiger partial charge in [0.05, 0.1) is 20.3 Å². The van der Waals surface area contributed by atoms with E-state index in [1.165, 1.54) is 11.1 Å². The minimum Gasteiger partial charge on any atom is -0.493 e. The first-order valence-electron chi connectivity index (χ1n) is 7.87. The Labute approximate surface area is 142 Å². The van der Waals surface area contributed by atoms with Gasteiger partial charge in [0.1, 0.15) is 0 Å².